The first-order valence-electron chi connectivity index (χ1n) is 6.66. The number of nitrogens with zero attached hydrogens (tertiary/aromatic N) is 1. The molecule has 0 saturated heterocycles. The van der Waals surface area contributed by atoms with Gasteiger partial charge in [0.1, 0.15) is 5.76 Å². The predicted octanol–water partition coefficient (Wildman–Crippen LogP) is 1.74. The van der Waals surface area contributed by atoms with Crippen LogP contribution in [0.1, 0.15) is 42.7 Å². The number of amides is 2. The first kappa shape index (κ1) is 16.0. The third kappa shape index (κ3) is 5.73. The molecule has 0 radical (unpaired) electrons. The minimum atomic E-state index is -0.782. The highest BCUT2D eigenvalue weighted by Gasteiger charge is 2.09. The van der Waals surface area contributed by atoms with Crippen LogP contribution < -0.4 is 10.6 Å². The van der Waals surface area contributed by atoms with Crippen LogP contribution in [0.25, 0.3) is 0 Å². The lowest BCUT2D eigenvalue weighted by atomic mass is 10.2. The van der Waals surface area contributed by atoms with Crippen molar-refractivity contribution in [3.05, 3.63) is 17.0 Å². The molecule has 0 aliphatic heterocycles. The van der Waals surface area contributed by atoms with E-state index in [2.05, 4.69) is 15.8 Å². The summed E-state index contributed by atoms with van der Waals surface area (Å²) in [5, 5.41) is 17.7. The second kappa shape index (κ2) is 8.19. The van der Waals surface area contributed by atoms with Crippen molar-refractivity contribution in [1.29, 1.82) is 0 Å². The van der Waals surface area contributed by atoms with Gasteiger partial charge in [0.05, 0.1) is 5.69 Å². The van der Waals surface area contributed by atoms with Gasteiger partial charge >= 0.3 is 12.0 Å². The Labute approximate surface area is 117 Å². The van der Waals surface area contributed by atoms with Crippen molar-refractivity contribution in [2.45, 2.75) is 46.1 Å². The molecule has 0 unspecified atom stereocenters. The highest BCUT2D eigenvalue weighted by atomic mass is 16.5. The van der Waals surface area contributed by atoms with E-state index in [1.807, 2.05) is 6.92 Å². The van der Waals surface area contributed by atoms with E-state index in [0.29, 0.717) is 25.3 Å². The Morgan fingerprint density at radius 1 is 1.20 bits per heavy atom. The van der Waals surface area contributed by atoms with Crippen LogP contribution in [-0.4, -0.2) is 28.8 Å². The second-order valence-corrected chi connectivity index (χ2v) is 4.62. The quantitative estimate of drug-likeness (QED) is 0.630. The molecular weight excluding hydrogens is 262 g/mol. The molecule has 112 valence electrons. The van der Waals surface area contributed by atoms with Crippen LogP contribution in [0, 0.1) is 13.8 Å². The summed E-state index contributed by atoms with van der Waals surface area (Å²) in [5.74, 6) is -0.0772. The van der Waals surface area contributed by atoms with Gasteiger partial charge in [0.15, 0.2) is 0 Å². The second-order valence-electron chi connectivity index (χ2n) is 4.62. The van der Waals surface area contributed by atoms with E-state index >= 15 is 0 Å². The Kier molecular flexibility index (Phi) is 6.55. The number of rotatable bonds is 8. The Morgan fingerprint density at radius 3 is 2.55 bits per heavy atom. The molecule has 0 bridgehead atoms. The Hall–Kier alpha value is -2.05. The molecule has 7 nitrogen and oxygen atoms in total. The summed E-state index contributed by atoms with van der Waals surface area (Å²) in [6.45, 7) is 4.55. The maximum absolute atomic E-state index is 11.5. The van der Waals surface area contributed by atoms with E-state index < -0.39 is 5.97 Å². The summed E-state index contributed by atoms with van der Waals surface area (Å²) in [6.07, 6.45) is 2.37. The molecule has 1 rings (SSSR count). The Bertz CT molecular complexity index is 437. The number of hydrogen-bond donors (Lipinski definition) is 3. The van der Waals surface area contributed by atoms with Crippen LogP contribution >= 0.6 is 0 Å². The van der Waals surface area contributed by atoms with Crippen molar-refractivity contribution in [2.75, 3.05) is 6.54 Å². The largest absolute Gasteiger partial charge is 0.481 e. The van der Waals surface area contributed by atoms with Crippen molar-refractivity contribution in [3.63, 3.8) is 0 Å². The first-order valence-corrected chi connectivity index (χ1v) is 6.66. The maximum Gasteiger partial charge on any atom is 0.315 e. The monoisotopic (exact) mass is 283 g/mol. The number of carbonyl (C=O) groups excluding carboxylic acids is 1. The third-order valence-electron chi connectivity index (χ3n) is 2.96. The summed E-state index contributed by atoms with van der Waals surface area (Å²) >= 11 is 0. The van der Waals surface area contributed by atoms with E-state index in [-0.39, 0.29) is 12.5 Å². The zero-order valence-electron chi connectivity index (χ0n) is 11.9. The van der Waals surface area contributed by atoms with Crippen LogP contribution in [0.5, 0.6) is 0 Å². The lowest BCUT2D eigenvalue weighted by molar-refractivity contribution is -0.137. The number of urea groups is 1. The number of unbranched alkanes of at least 4 members (excludes halogenated alkanes) is 2. The fourth-order valence-electron chi connectivity index (χ4n) is 1.77. The molecule has 0 aromatic carbocycles. The Balaban J connectivity index is 2.11. The molecule has 7 heteroatoms. The molecule has 3 N–H and O–H groups in total. The molecular formula is C13H21N3O4. The number of hydrogen-bond acceptors (Lipinski definition) is 4. The van der Waals surface area contributed by atoms with Crippen LogP contribution in [-0.2, 0) is 11.3 Å². The van der Waals surface area contributed by atoms with Crippen LogP contribution in [0.2, 0.25) is 0 Å². The summed E-state index contributed by atoms with van der Waals surface area (Å²) in [5.41, 5.74) is 1.66. The minimum absolute atomic E-state index is 0.179. The number of carboxylic acids is 1. The molecule has 2 amide bonds. The highest BCUT2D eigenvalue weighted by Crippen LogP contribution is 2.11. The van der Waals surface area contributed by atoms with Crippen LogP contribution in [0.4, 0.5) is 4.79 Å². The van der Waals surface area contributed by atoms with E-state index in [4.69, 9.17) is 9.63 Å². The molecule has 1 heterocycles. The van der Waals surface area contributed by atoms with Crippen LogP contribution in [0.15, 0.2) is 4.52 Å². The van der Waals surface area contributed by atoms with Crippen molar-refractivity contribution >= 4 is 12.0 Å². The SMILES string of the molecule is Cc1noc(C)c1CNC(=O)NCCCCCC(=O)O. The fraction of sp³-hybridized carbons (Fsp3) is 0.615. The zero-order chi connectivity index (χ0) is 15.0. The molecule has 20 heavy (non-hydrogen) atoms. The summed E-state index contributed by atoms with van der Waals surface area (Å²) < 4.78 is 5.00. The number of carbonyl (C=O) groups is 2. The molecule has 0 atom stereocenters. The van der Waals surface area contributed by atoms with Gasteiger partial charge in [0.25, 0.3) is 0 Å². The number of aromatic nitrogens is 1. The number of nitrogens with one attached hydrogen (secondary N) is 2. The van der Waals surface area contributed by atoms with Gasteiger partial charge in [-0.1, -0.05) is 11.6 Å². The fourth-order valence-corrected chi connectivity index (χ4v) is 1.77. The normalized spacial score (nSPS) is 10.3. The third-order valence-corrected chi connectivity index (χ3v) is 2.96. The molecule has 1 aromatic rings. The van der Waals surface area contributed by atoms with E-state index in [1.54, 1.807) is 6.92 Å². The van der Waals surface area contributed by atoms with Gasteiger partial charge in [-0.2, -0.15) is 0 Å². The molecule has 0 saturated carbocycles. The van der Waals surface area contributed by atoms with Crippen molar-refractivity contribution < 1.29 is 19.2 Å². The van der Waals surface area contributed by atoms with Crippen molar-refractivity contribution in [1.82, 2.24) is 15.8 Å². The number of aryl methyl sites for hydroxylation is 2. The predicted molar refractivity (Wildman–Crippen MR) is 72.3 cm³/mol. The van der Waals surface area contributed by atoms with Crippen molar-refractivity contribution in [2.24, 2.45) is 0 Å². The van der Waals surface area contributed by atoms with E-state index in [9.17, 15) is 9.59 Å². The van der Waals surface area contributed by atoms with Gasteiger partial charge in [-0.25, -0.2) is 4.79 Å². The average Bonchev–Trinajstić information content (AvgIpc) is 2.70. The summed E-state index contributed by atoms with van der Waals surface area (Å²) in [6, 6.07) is -0.247. The topological polar surface area (TPSA) is 104 Å². The van der Waals surface area contributed by atoms with Gasteiger partial charge < -0.3 is 20.3 Å². The van der Waals surface area contributed by atoms with Gasteiger partial charge in [-0.3, -0.25) is 4.79 Å². The molecule has 0 aliphatic carbocycles. The van der Waals surface area contributed by atoms with E-state index in [1.165, 1.54) is 0 Å². The molecule has 0 aliphatic rings. The van der Waals surface area contributed by atoms with Crippen LogP contribution in [0.3, 0.4) is 0 Å². The number of aliphatic carboxylic acids is 1. The van der Waals surface area contributed by atoms with Gasteiger partial charge in [0, 0.05) is 25.1 Å². The smallest absolute Gasteiger partial charge is 0.315 e. The van der Waals surface area contributed by atoms with Gasteiger partial charge in [-0.15, -0.1) is 0 Å². The maximum atomic E-state index is 11.5. The molecule has 0 fully saturated rings. The molecule has 1 aromatic heterocycles. The lowest BCUT2D eigenvalue weighted by Crippen LogP contribution is -2.35. The van der Waals surface area contributed by atoms with E-state index in [0.717, 1.165) is 24.1 Å². The summed E-state index contributed by atoms with van der Waals surface area (Å²) in [7, 11) is 0. The highest BCUT2D eigenvalue weighted by molar-refractivity contribution is 5.73. The Morgan fingerprint density at radius 2 is 1.95 bits per heavy atom. The van der Waals surface area contributed by atoms with Crippen molar-refractivity contribution in [3.8, 4) is 0 Å². The first-order chi connectivity index (χ1) is 9.50. The minimum Gasteiger partial charge on any atom is -0.481 e. The zero-order valence-corrected chi connectivity index (χ0v) is 11.9. The standard InChI is InChI=1S/C13H21N3O4/c1-9-11(10(2)20-16-9)8-15-13(19)14-7-5-3-4-6-12(17)18/h3-8H2,1-2H3,(H,17,18)(H2,14,15,19). The van der Waals surface area contributed by atoms with Gasteiger partial charge in [-0.05, 0) is 26.7 Å². The lowest BCUT2D eigenvalue weighted by Gasteiger charge is -2.07. The average molecular weight is 283 g/mol. The summed E-state index contributed by atoms with van der Waals surface area (Å²) in [4.78, 5) is 21.8. The number of carboxylic acid groups (broad SMARTS) is 1. The van der Waals surface area contributed by atoms with Gasteiger partial charge in [0.2, 0.25) is 0 Å². The molecule has 0 spiro atoms.